The van der Waals surface area contributed by atoms with Gasteiger partial charge in [-0.25, -0.2) is 14.4 Å². The van der Waals surface area contributed by atoms with Gasteiger partial charge in [0, 0.05) is 25.6 Å². The van der Waals surface area contributed by atoms with Crippen LogP contribution in [0.1, 0.15) is 23.0 Å². The molecule has 3 rings (SSSR count). The topological polar surface area (TPSA) is 66.5 Å². The number of pyridine rings is 1. The SMILES string of the molecule is Cn1ccnc1C(Nc1ncc(C#N)cc1Cl)c1ccc(F)cc1. The van der Waals surface area contributed by atoms with Crippen LogP contribution in [-0.2, 0) is 7.05 Å². The number of nitrogens with zero attached hydrogens (tertiary/aromatic N) is 4. The normalized spacial score (nSPS) is 11.8. The van der Waals surface area contributed by atoms with Gasteiger partial charge in [0.15, 0.2) is 0 Å². The molecule has 2 heterocycles. The van der Waals surface area contributed by atoms with E-state index in [4.69, 9.17) is 16.9 Å². The number of hydrogen-bond donors (Lipinski definition) is 1. The Morgan fingerprint density at radius 2 is 2.04 bits per heavy atom. The van der Waals surface area contributed by atoms with E-state index in [1.54, 1.807) is 18.3 Å². The van der Waals surface area contributed by atoms with Crippen molar-refractivity contribution in [1.82, 2.24) is 14.5 Å². The highest BCUT2D eigenvalue weighted by Gasteiger charge is 2.20. The maximum absolute atomic E-state index is 13.2. The van der Waals surface area contributed by atoms with Crippen LogP contribution in [0.5, 0.6) is 0 Å². The molecule has 0 bridgehead atoms. The molecule has 24 heavy (non-hydrogen) atoms. The van der Waals surface area contributed by atoms with Crippen molar-refractivity contribution >= 4 is 17.4 Å². The predicted octanol–water partition coefficient (Wildman–Crippen LogP) is 3.68. The van der Waals surface area contributed by atoms with Gasteiger partial charge in [-0.15, -0.1) is 0 Å². The maximum atomic E-state index is 13.2. The van der Waals surface area contributed by atoms with Crippen molar-refractivity contribution in [3.05, 3.63) is 76.7 Å². The van der Waals surface area contributed by atoms with Crippen molar-refractivity contribution in [3.8, 4) is 6.07 Å². The number of benzene rings is 1. The monoisotopic (exact) mass is 341 g/mol. The van der Waals surface area contributed by atoms with Gasteiger partial charge in [-0.2, -0.15) is 5.26 Å². The molecular formula is C17H13ClFN5. The molecule has 0 saturated heterocycles. The Balaban J connectivity index is 2.01. The van der Waals surface area contributed by atoms with E-state index in [0.29, 0.717) is 16.4 Å². The molecule has 1 atom stereocenters. The van der Waals surface area contributed by atoms with E-state index < -0.39 is 0 Å². The van der Waals surface area contributed by atoms with Gasteiger partial charge in [-0.3, -0.25) is 0 Å². The van der Waals surface area contributed by atoms with Gasteiger partial charge < -0.3 is 9.88 Å². The molecule has 0 fully saturated rings. The molecule has 0 saturated carbocycles. The highest BCUT2D eigenvalue weighted by atomic mass is 35.5. The molecule has 0 spiro atoms. The minimum atomic E-state index is -0.372. The van der Waals surface area contributed by atoms with Crippen LogP contribution in [0.25, 0.3) is 0 Å². The third kappa shape index (κ3) is 3.21. The van der Waals surface area contributed by atoms with E-state index in [1.807, 2.05) is 23.9 Å². The highest BCUT2D eigenvalue weighted by Crippen LogP contribution is 2.28. The molecule has 1 aromatic carbocycles. The number of halogens is 2. The largest absolute Gasteiger partial charge is 0.355 e. The van der Waals surface area contributed by atoms with Crippen molar-refractivity contribution < 1.29 is 4.39 Å². The molecule has 1 unspecified atom stereocenters. The average Bonchev–Trinajstić information content (AvgIpc) is 3.00. The lowest BCUT2D eigenvalue weighted by atomic mass is 10.1. The quantitative estimate of drug-likeness (QED) is 0.786. The number of nitriles is 1. The van der Waals surface area contributed by atoms with E-state index in [0.717, 1.165) is 11.4 Å². The summed E-state index contributed by atoms with van der Waals surface area (Å²) < 4.78 is 15.1. The number of rotatable bonds is 4. The van der Waals surface area contributed by atoms with Gasteiger partial charge in [-0.05, 0) is 23.8 Å². The second-order valence-electron chi connectivity index (χ2n) is 5.19. The molecular weight excluding hydrogens is 329 g/mol. The smallest absolute Gasteiger partial charge is 0.145 e. The second kappa shape index (κ2) is 6.69. The summed E-state index contributed by atoms with van der Waals surface area (Å²) in [6.45, 7) is 0. The molecule has 0 aliphatic carbocycles. The van der Waals surface area contributed by atoms with Gasteiger partial charge in [0.2, 0.25) is 0 Å². The Hall–Kier alpha value is -2.91. The van der Waals surface area contributed by atoms with Crippen LogP contribution in [0.4, 0.5) is 10.2 Å². The lowest BCUT2D eigenvalue weighted by molar-refractivity contribution is 0.626. The van der Waals surface area contributed by atoms with Crippen molar-refractivity contribution in [3.63, 3.8) is 0 Å². The zero-order valence-electron chi connectivity index (χ0n) is 12.7. The van der Waals surface area contributed by atoms with Crippen molar-refractivity contribution in [1.29, 1.82) is 5.26 Å². The van der Waals surface area contributed by atoms with Crippen LogP contribution in [-0.4, -0.2) is 14.5 Å². The molecule has 0 amide bonds. The van der Waals surface area contributed by atoms with Crippen LogP contribution >= 0.6 is 11.6 Å². The number of imidazole rings is 1. The minimum absolute atomic E-state index is 0.313. The first-order valence-electron chi connectivity index (χ1n) is 7.13. The molecule has 0 aliphatic rings. The van der Waals surface area contributed by atoms with Crippen LogP contribution in [0.2, 0.25) is 5.02 Å². The average molecular weight is 342 g/mol. The van der Waals surface area contributed by atoms with E-state index in [9.17, 15) is 4.39 Å². The summed E-state index contributed by atoms with van der Waals surface area (Å²) in [5.41, 5.74) is 1.19. The zero-order chi connectivity index (χ0) is 17.1. The molecule has 2 aromatic heterocycles. The summed E-state index contributed by atoms with van der Waals surface area (Å²) >= 11 is 6.20. The Labute approximate surface area is 143 Å². The first-order chi connectivity index (χ1) is 11.6. The lowest BCUT2D eigenvalue weighted by Gasteiger charge is -2.20. The minimum Gasteiger partial charge on any atom is -0.355 e. The summed E-state index contributed by atoms with van der Waals surface area (Å²) in [4.78, 5) is 8.55. The van der Waals surface area contributed by atoms with E-state index in [2.05, 4.69) is 15.3 Å². The molecule has 1 N–H and O–H groups in total. The molecule has 3 aromatic rings. The second-order valence-corrected chi connectivity index (χ2v) is 5.60. The first kappa shape index (κ1) is 16.0. The van der Waals surface area contributed by atoms with Gasteiger partial charge >= 0.3 is 0 Å². The van der Waals surface area contributed by atoms with Crippen LogP contribution in [0, 0.1) is 17.1 Å². The van der Waals surface area contributed by atoms with Gasteiger partial charge in [-0.1, -0.05) is 23.7 Å². The third-order valence-corrected chi connectivity index (χ3v) is 3.86. The van der Waals surface area contributed by atoms with Gasteiger partial charge in [0.05, 0.1) is 10.6 Å². The summed E-state index contributed by atoms with van der Waals surface area (Å²) in [6, 6.07) is 9.30. The molecule has 120 valence electrons. The summed E-state index contributed by atoms with van der Waals surface area (Å²) in [7, 11) is 1.87. The molecule has 0 radical (unpaired) electrons. The summed E-state index contributed by atoms with van der Waals surface area (Å²) in [5.74, 6) is 0.837. The third-order valence-electron chi connectivity index (χ3n) is 3.57. The van der Waals surface area contributed by atoms with Crippen LogP contribution in [0.15, 0.2) is 48.9 Å². The lowest BCUT2D eigenvalue weighted by Crippen LogP contribution is -2.17. The molecule has 5 nitrogen and oxygen atoms in total. The Morgan fingerprint density at radius 3 is 2.62 bits per heavy atom. The number of anilines is 1. The van der Waals surface area contributed by atoms with Crippen molar-refractivity contribution in [2.45, 2.75) is 6.04 Å². The van der Waals surface area contributed by atoms with Gasteiger partial charge in [0.25, 0.3) is 0 Å². The number of aromatic nitrogens is 3. The standard InChI is InChI=1S/C17H13ClFN5/c1-24-7-6-21-17(24)15(12-2-4-13(19)5-3-12)23-16-14(18)8-11(9-20)10-22-16/h2-8,10,15H,1H3,(H,22,23). The van der Waals surface area contributed by atoms with E-state index >= 15 is 0 Å². The fraction of sp³-hybridized carbons (Fsp3) is 0.118. The first-order valence-corrected chi connectivity index (χ1v) is 7.51. The highest BCUT2D eigenvalue weighted by molar-refractivity contribution is 6.33. The van der Waals surface area contributed by atoms with Gasteiger partial charge in [0.1, 0.15) is 29.6 Å². The van der Waals surface area contributed by atoms with Crippen LogP contribution < -0.4 is 5.32 Å². The van der Waals surface area contributed by atoms with Crippen LogP contribution in [0.3, 0.4) is 0 Å². The Kier molecular flexibility index (Phi) is 4.45. The van der Waals surface area contributed by atoms with Crippen molar-refractivity contribution in [2.75, 3.05) is 5.32 Å². The fourth-order valence-corrected chi connectivity index (χ4v) is 2.57. The summed E-state index contributed by atoms with van der Waals surface area (Å²) in [5, 5.41) is 12.5. The Morgan fingerprint density at radius 1 is 1.29 bits per heavy atom. The van der Waals surface area contributed by atoms with E-state index in [-0.39, 0.29) is 11.9 Å². The Bertz CT molecular complexity index is 898. The zero-order valence-corrected chi connectivity index (χ0v) is 13.5. The number of hydrogen-bond acceptors (Lipinski definition) is 4. The molecule has 7 heteroatoms. The van der Waals surface area contributed by atoms with Crippen molar-refractivity contribution in [2.24, 2.45) is 7.05 Å². The molecule has 0 aliphatic heterocycles. The van der Waals surface area contributed by atoms with E-state index in [1.165, 1.54) is 24.4 Å². The fourth-order valence-electron chi connectivity index (χ4n) is 2.35. The maximum Gasteiger partial charge on any atom is 0.145 e. The number of nitrogens with one attached hydrogen (secondary N) is 1. The predicted molar refractivity (Wildman–Crippen MR) is 89.0 cm³/mol. The number of aryl methyl sites for hydroxylation is 1. The summed E-state index contributed by atoms with van der Waals surface area (Å²) in [6.07, 6.45) is 4.94.